The van der Waals surface area contributed by atoms with Gasteiger partial charge in [0.1, 0.15) is 12.0 Å². The molecule has 0 saturated carbocycles. The zero-order chi connectivity index (χ0) is 15.7. The molecule has 0 N–H and O–H groups in total. The normalized spacial score (nSPS) is 18.5. The average Bonchev–Trinajstić information content (AvgIpc) is 3.00. The van der Waals surface area contributed by atoms with E-state index in [2.05, 4.69) is 26.8 Å². The first-order chi connectivity index (χ1) is 10.6. The second kappa shape index (κ2) is 5.70. The van der Waals surface area contributed by atoms with Gasteiger partial charge in [-0.1, -0.05) is 0 Å². The minimum Gasteiger partial charge on any atom is -0.338 e. The SMILES string of the molecule is Cc1nc(N2CCCC[C@@H]2C)nc(-n2ccnc2)c1[N+](=O)[O-]. The highest BCUT2D eigenvalue weighted by Crippen LogP contribution is 2.29. The van der Waals surface area contributed by atoms with Gasteiger partial charge in [-0.15, -0.1) is 0 Å². The zero-order valence-corrected chi connectivity index (χ0v) is 12.6. The fourth-order valence-corrected chi connectivity index (χ4v) is 2.84. The lowest BCUT2D eigenvalue weighted by Gasteiger charge is -2.33. The summed E-state index contributed by atoms with van der Waals surface area (Å²) in [5.41, 5.74) is 0.294. The van der Waals surface area contributed by atoms with Gasteiger partial charge < -0.3 is 4.90 Å². The van der Waals surface area contributed by atoms with Crippen molar-refractivity contribution in [3.8, 4) is 5.82 Å². The van der Waals surface area contributed by atoms with E-state index < -0.39 is 4.92 Å². The van der Waals surface area contributed by atoms with E-state index in [1.807, 2.05) is 0 Å². The van der Waals surface area contributed by atoms with Gasteiger partial charge in [0.2, 0.25) is 11.8 Å². The van der Waals surface area contributed by atoms with Crippen LogP contribution in [0.15, 0.2) is 18.7 Å². The predicted octanol–water partition coefficient (Wildman–Crippen LogP) is 2.26. The van der Waals surface area contributed by atoms with Crippen LogP contribution in [0.5, 0.6) is 0 Å². The molecule has 116 valence electrons. The lowest BCUT2D eigenvalue weighted by molar-refractivity contribution is -0.385. The molecule has 8 heteroatoms. The third kappa shape index (κ3) is 2.51. The summed E-state index contributed by atoms with van der Waals surface area (Å²) in [6.45, 7) is 4.66. The van der Waals surface area contributed by atoms with Gasteiger partial charge in [-0.2, -0.15) is 4.98 Å². The van der Waals surface area contributed by atoms with Crippen molar-refractivity contribution in [2.75, 3.05) is 11.4 Å². The molecule has 3 heterocycles. The Morgan fingerprint density at radius 3 is 2.82 bits per heavy atom. The van der Waals surface area contributed by atoms with Crippen LogP contribution in [0, 0.1) is 17.0 Å². The third-order valence-corrected chi connectivity index (χ3v) is 4.02. The first-order valence-corrected chi connectivity index (χ1v) is 7.36. The van der Waals surface area contributed by atoms with Crippen molar-refractivity contribution in [3.63, 3.8) is 0 Å². The van der Waals surface area contributed by atoms with E-state index >= 15 is 0 Å². The molecule has 0 bridgehead atoms. The van der Waals surface area contributed by atoms with E-state index in [1.54, 1.807) is 23.9 Å². The molecule has 3 rings (SSSR count). The van der Waals surface area contributed by atoms with Crippen LogP contribution in [-0.2, 0) is 0 Å². The number of hydrogen-bond donors (Lipinski definition) is 0. The first kappa shape index (κ1) is 14.4. The highest BCUT2D eigenvalue weighted by atomic mass is 16.6. The molecule has 1 atom stereocenters. The van der Waals surface area contributed by atoms with E-state index in [0.717, 1.165) is 19.4 Å². The number of aryl methyl sites for hydroxylation is 1. The Labute approximate surface area is 128 Å². The van der Waals surface area contributed by atoms with Crippen molar-refractivity contribution in [2.24, 2.45) is 0 Å². The number of nitro groups is 1. The summed E-state index contributed by atoms with van der Waals surface area (Å²) < 4.78 is 1.56. The Kier molecular flexibility index (Phi) is 3.74. The van der Waals surface area contributed by atoms with Crippen LogP contribution in [0.25, 0.3) is 5.82 Å². The van der Waals surface area contributed by atoms with Gasteiger partial charge in [-0.05, 0) is 33.1 Å². The molecule has 1 aliphatic rings. The highest BCUT2D eigenvalue weighted by molar-refractivity contribution is 5.54. The van der Waals surface area contributed by atoms with Gasteiger partial charge in [0, 0.05) is 25.0 Å². The number of piperidine rings is 1. The second-order valence-electron chi connectivity index (χ2n) is 5.55. The highest BCUT2D eigenvalue weighted by Gasteiger charge is 2.27. The molecule has 22 heavy (non-hydrogen) atoms. The number of hydrogen-bond acceptors (Lipinski definition) is 6. The Morgan fingerprint density at radius 2 is 2.18 bits per heavy atom. The topological polar surface area (TPSA) is 90.0 Å². The number of nitrogens with zero attached hydrogens (tertiary/aromatic N) is 6. The molecule has 2 aromatic heterocycles. The minimum absolute atomic E-state index is 0.0774. The van der Waals surface area contributed by atoms with Gasteiger partial charge in [0.05, 0.1) is 4.92 Å². The number of aromatic nitrogens is 4. The summed E-state index contributed by atoms with van der Waals surface area (Å²) in [4.78, 5) is 25.9. The largest absolute Gasteiger partial charge is 0.338 e. The number of imidazole rings is 1. The maximum absolute atomic E-state index is 11.4. The fraction of sp³-hybridized carbons (Fsp3) is 0.500. The second-order valence-corrected chi connectivity index (χ2v) is 5.55. The molecule has 1 aliphatic heterocycles. The minimum atomic E-state index is -0.436. The summed E-state index contributed by atoms with van der Waals surface area (Å²) in [5, 5.41) is 11.4. The molecule has 8 nitrogen and oxygen atoms in total. The molecule has 0 aromatic carbocycles. The van der Waals surface area contributed by atoms with Crippen LogP contribution in [-0.4, -0.2) is 37.0 Å². The van der Waals surface area contributed by atoms with Crippen LogP contribution in [0.3, 0.4) is 0 Å². The van der Waals surface area contributed by atoms with Crippen molar-refractivity contribution in [1.29, 1.82) is 0 Å². The van der Waals surface area contributed by atoms with Crippen LogP contribution in [0.4, 0.5) is 11.6 Å². The fourth-order valence-electron chi connectivity index (χ4n) is 2.84. The summed E-state index contributed by atoms with van der Waals surface area (Å²) >= 11 is 0. The van der Waals surface area contributed by atoms with Gasteiger partial charge in [-0.3, -0.25) is 14.7 Å². The van der Waals surface area contributed by atoms with Crippen molar-refractivity contribution in [1.82, 2.24) is 19.5 Å². The van der Waals surface area contributed by atoms with Gasteiger partial charge in [0.25, 0.3) is 0 Å². The van der Waals surface area contributed by atoms with Crippen molar-refractivity contribution in [2.45, 2.75) is 39.2 Å². The zero-order valence-electron chi connectivity index (χ0n) is 12.6. The first-order valence-electron chi connectivity index (χ1n) is 7.36. The van der Waals surface area contributed by atoms with E-state index in [9.17, 15) is 10.1 Å². The van der Waals surface area contributed by atoms with E-state index in [4.69, 9.17) is 0 Å². The van der Waals surface area contributed by atoms with E-state index in [0.29, 0.717) is 17.7 Å². The molecular weight excluding hydrogens is 284 g/mol. The maximum atomic E-state index is 11.4. The summed E-state index contributed by atoms with van der Waals surface area (Å²) in [6, 6.07) is 0.338. The molecule has 0 amide bonds. The van der Waals surface area contributed by atoms with E-state index in [1.165, 1.54) is 12.7 Å². The summed E-state index contributed by atoms with van der Waals surface area (Å²) in [7, 11) is 0. The lowest BCUT2D eigenvalue weighted by atomic mass is 10.0. The molecule has 1 saturated heterocycles. The van der Waals surface area contributed by atoms with Gasteiger partial charge >= 0.3 is 5.69 Å². The molecule has 0 radical (unpaired) electrons. The standard InChI is InChI=1S/C14H18N6O2/c1-10-5-3-4-7-19(10)14-16-11(2)12(20(21)22)13(17-14)18-8-6-15-9-18/h6,8-10H,3-5,7H2,1-2H3/t10-/m0/s1. The summed E-state index contributed by atoms with van der Waals surface area (Å²) in [5.74, 6) is 0.821. The van der Waals surface area contributed by atoms with Crippen LogP contribution in [0.2, 0.25) is 0 Å². The molecule has 0 unspecified atom stereocenters. The average molecular weight is 302 g/mol. The van der Waals surface area contributed by atoms with Crippen molar-refractivity contribution in [3.05, 3.63) is 34.5 Å². The Hall–Kier alpha value is -2.51. The van der Waals surface area contributed by atoms with E-state index in [-0.39, 0.29) is 11.5 Å². The van der Waals surface area contributed by atoms with Crippen LogP contribution < -0.4 is 4.90 Å². The Balaban J connectivity index is 2.12. The molecule has 0 aliphatic carbocycles. The number of anilines is 1. The predicted molar refractivity (Wildman–Crippen MR) is 81.2 cm³/mol. The van der Waals surface area contributed by atoms with Crippen molar-refractivity contribution >= 4 is 11.6 Å². The monoisotopic (exact) mass is 302 g/mol. The quantitative estimate of drug-likeness (QED) is 0.638. The van der Waals surface area contributed by atoms with Crippen molar-refractivity contribution < 1.29 is 4.92 Å². The Bertz CT molecular complexity index is 685. The molecule has 2 aromatic rings. The van der Waals surface area contributed by atoms with Gasteiger partial charge in [0.15, 0.2) is 0 Å². The lowest BCUT2D eigenvalue weighted by Crippen LogP contribution is -2.39. The molecular formula is C14H18N6O2. The van der Waals surface area contributed by atoms with Crippen LogP contribution >= 0.6 is 0 Å². The summed E-state index contributed by atoms with van der Waals surface area (Å²) in [6.07, 6.45) is 8.10. The maximum Gasteiger partial charge on any atom is 0.333 e. The third-order valence-electron chi connectivity index (χ3n) is 4.02. The Morgan fingerprint density at radius 1 is 1.36 bits per heavy atom. The molecule has 1 fully saturated rings. The number of rotatable bonds is 3. The smallest absolute Gasteiger partial charge is 0.333 e. The van der Waals surface area contributed by atoms with Gasteiger partial charge in [-0.25, -0.2) is 9.97 Å². The van der Waals surface area contributed by atoms with Crippen LogP contribution in [0.1, 0.15) is 31.9 Å². The molecule has 0 spiro atoms.